The van der Waals surface area contributed by atoms with Crippen molar-refractivity contribution in [2.75, 3.05) is 0 Å². The van der Waals surface area contributed by atoms with E-state index in [0.717, 1.165) is 4.47 Å². The van der Waals surface area contributed by atoms with Crippen LogP contribution in [-0.2, 0) is 0 Å². The van der Waals surface area contributed by atoms with Crippen LogP contribution in [0.25, 0.3) is 0 Å². The summed E-state index contributed by atoms with van der Waals surface area (Å²) in [5.74, 6) is -0.0347. The van der Waals surface area contributed by atoms with Crippen LogP contribution in [0.15, 0.2) is 40.3 Å². The molecule has 0 spiro atoms. The standard InChI is InChI=1S/C10H6BrNOS/c11-7-3-1-5-12-9(7)10(13)8-4-2-6-14-8/h1-6H. The van der Waals surface area contributed by atoms with Gasteiger partial charge in [-0.1, -0.05) is 6.07 Å². The molecule has 14 heavy (non-hydrogen) atoms. The Morgan fingerprint density at radius 2 is 2.21 bits per heavy atom. The highest BCUT2D eigenvalue weighted by Gasteiger charge is 2.13. The lowest BCUT2D eigenvalue weighted by molar-refractivity contribution is 0.103. The van der Waals surface area contributed by atoms with E-state index in [2.05, 4.69) is 20.9 Å². The number of carbonyl (C=O) groups is 1. The third-order valence-corrected chi connectivity index (χ3v) is 3.23. The second-order valence-electron chi connectivity index (χ2n) is 2.64. The van der Waals surface area contributed by atoms with Gasteiger partial charge in [-0.3, -0.25) is 9.78 Å². The molecule has 0 aromatic carbocycles. The van der Waals surface area contributed by atoms with Gasteiger partial charge in [-0.25, -0.2) is 0 Å². The summed E-state index contributed by atoms with van der Waals surface area (Å²) < 4.78 is 0.735. The van der Waals surface area contributed by atoms with E-state index >= 15 is 0 Å². The van der Waals surface area contributed by atoms with Crippen molar-refractivity contribution in [2.45, 2.75) is 0 Å². The van der Waals surface area contributed by atoms with E-state index < -0.39 is 0 Å². The van der Waals surface area contributed by atoms with Gasteiger partial charge in [-0.15, -0.1) is 11.3 Å². The van der Waals surface area contributed by atoms with E-state index in [1.165, 1.54) is 11.3 Å². The fourth-order valence-electron chi connectivity index (χ4n) is 1.08. The Labute approximate surface area is 93.7 Å². The monoisotopic (exact) mass is 267 g/mol. The van der Waals surface area contributed by atoms with Crippen molar-refractivity contribution in [1.82, 2.24) is 4.98 Å². The van der Waals surface area contributed by atoms with E-state index in [1.54, 1.807) is 18.3 Å². The molecule has 2 heterocycles. The van der Waals surface area contributed by atoms with Gasteiger partial charge in [0, 0.05) is 10.7 Å². The van der Waals surface area contributed by atoms with Crippen molar-refractivity contribution in [1.29, 1.82) is 0 Å². The number of thiophene rings is 1. The SMILES string of the molecule is O=C(c1cccs1)c1ncccc1Br. The molecule has 0 saturated heterocycles. The quantitative estimate of drug-likeness (QED) is 0.783. The molecule has 0 unspecified atom stereocenters. The molecule has 4 heteroatoms. The minimum atomic E-state index is -0.0347. The predicted octanol–water partition coefficient (Wildman–Crippen LogP) is 3.14. The molecule has 0 N–H and O–H groups in total. The van der Waals surface area contributed by atoms with Crippen LogP contribution >= 0.6 is 27.3 Å². The topological polar surface area (TPSA) is 30.0 Å². The predicted molar refractivity (Wildman–Crippen MR) is 59.7 cm³/mol. The summed E-state index contributed by atoms with van der Waals surface area (Å²) in [6.07, 6.45) is 1.62. The minimum absolute atomic E-state index is 0.0347. The zero-order chi connectivity index (χ0) is 9.97. The number of halogens is 1. The van der Waals surface area contributed by atoms with Crippen molar-refractivity contribution in [2.24, 2.45) is 0 Å². The second-order valence-corrected chi connectivity index (χ2v) is 4.44. The number of pyridine rings is 1. The Morgan fingerprint density at radius 1 is 1.36 bits per heavy atom. The second kappa shape index (κ2) is 4.02. The molecule has 2 nitrogen and oxygen atoms in total. The van der Waals surface area contributed by atoms with E-state index in [-0.39, 0.29) is 5.78 Å². The van der Waals surface area contributed by atoms with Crippen LogP contribution in [0.4, 0.5) is 0 Å². The molecule has 0 bridgehead atoms. The van der Waals surface area contributed by atoms with Crippen LogP contribution < -0.4 is 0 Å². The molecule has 0 aliphatic rings. The van der Waals surface area contributed by atoms with Crippen molar-refractivity contribution < 1.29 is 4.79 Å². The highest BCUT2D eigenvalue weighted by Crippen LogP contribution is 2.19. The van der Waals surface area contributed by atoms with Gasteiger partial charge in [0.25, 0.3) is 0 Å². The van der Waals surface area contributed by atoms with E-state index in [1.807, 2.05) is 17.5 Å². The summed E-state index contributed by atoms with van der Waals surface area (Å²) >= 11 is 4.73. The molecule has 2 aromatic heterocycles. The summed E-state index contributed by atoms with van der Waals surface area (Å²) in [5, 5.41) is 1.88. The number of hydrogen-bond acceptors (Lipinski definition) is 3. The van der Waals surface area contributed by atoms with Crippen LogP contribution in [0, 0.1) is 0 Å². The molecule has 0 radical (unpaired) electrons. The lowest BCUT2D eigenvalue weighted by Crippen LogP contribution is -2.02. The van der Waals surface area contributed by atoms with Crippen LogP contribution in [0.2, 0.25) is 0 Å². The molecule has 2 rings (SSSR count). The highest BCUT2D eigenvalue weighted by molar-refractivity contribution is 9.10. The number of rotatable bonds is 2. The Kier molecular flexibility index (Phi) is 2.74. The normalized spacial score (nSPS) is 10.1. The molecule has 0 atom stereocenters. The summed E-state index contributed by atoms with van der Waals surface area (Å²) in [5.41, 5.74) is 0.468. The number of aromatic nitrogens is 1. The van der Waals surface area contributed by atoms with E-state index in [9.17, 15) is 4.79 Å². The van der Waals surface area contributed by atoms with Crippen LogP contribution in [-0.4, -0.2) is 10.8 Å². The summed E-state index contributed by atoms with van der Waals surface area (Å²) in [6.45, 7) is 0. The molecule has 0 amide bonds. The fourth-order valence-corrected chi connectivity index (χ4v) is 2.18. The molecule has 2 aromatic rings. The van der Waals surface area contributed by atoms with Gasteiger partial charge < -0.3 is 0 Å². The van der Waals surface area contributed by atoms with Crippen molar-refractivity contribution in [3.8, 4) is 0 Å². The molecule has 0 saturated carbocycles. The number of ketones is 1. The Hall–Kier alpha value is -1.00. The zero-order valence-electron chi connectivity index (χ0n) is 7.11. The average Bonchev–Trinajstić information content (AvgIpc) is 2.70. The molecular formula is C10H6BrNOS. The van der Waals surface area contributed by atoms with Crippen molar-refractivity contribution >= 4 is 33.0 Å². The number of hydrogen-bond donors (Lipinski definition) is 0. The number of carbonyl (C=O) groups excluding carboxylic acids is 1. The minimum Gasteiger partial charge on any atom is -0.286 e. The maximum Gasteiger partial charge on any atom is 0.222 e. The maximum atomic E-state index is 11.8. The first-order valence-corrected chi connectivity index (χ1v) is 5.65. The Morgan fingerprint density at radius 3 is 2.86 bits per heavy atom. The van der Waals surface area contributed by atoms with Gasteiger partial charge in [0.1, 0.15) is 5.69 Å². The first kappa shape index (κ1) is 9.55. The Bertz CT molecular complexity index is 453. The van der Waals surface area contributed by atoms with Crippen molar-refractivity contribution in [3.05, 3.63) is 50.9 Å². The average molecular weight is 268 g/mol. The molecular weight excluding hydrogens is 262 g/mol. The number of nitrogens with zero attached hydrogens (tertiary/aromatic N) is 1. The molecule has 0 aliphatic carbocycles. The van der Waals surface area contributed by atoms with Gasteiger partial charge >= 0.3 is 0 Å². The van der Waals surface area contributed by atoms with E-state index in [4.69, 9.17) is 0 Å². The van der Waals surface area contributed by atoms with Gasteiger partial charge in [0.15, 0.2) is 0 Å². The zero-order valence-corrected chi connectivity index (χ0v) is 9.51. The van der Waals surface area contributed by atoms with Gasteiger partial charge in [-0.05, 0) is 39.5 Å². The highest BCUT2D eigenvalue weighted by atomic mass is 79.9. The third kappa shape index (κ3) is 1.76. The first-order chi connectivity index (χ1) is 6.79. The van der Waals surface area contributed by atoms with Crippen LogP contribution in [0.5, 0.6) is 0 Å². The smallest absolute Gasteiger partial charge is 0.222 e. The fraction of sp³-hybridized carbons (Fsp3) is 0. The van der Waals surface area contributed by atoms with Crippen molar-refractivity contribution in [3.63, 3.8) is 0 Å². The lowest BCUT2D eigenvalue weighted by Gasteiger charge is -1.98. The first-order valence-electron chi connectivity index (χ1n) is 3.98. The van der Waals surface area contributed by atoms with Crippen LogP contribution in [0.1, 0.15) is 15.4 Å². The largest absolute Gasteiger partial charge is 0.286 e. The molecule has 70 valence electrons. The van der Waals surface area contributed by atoms with Gasteiger partial charge in [0.2, 0.25) is 5.78 Å². The van der Waals surface area contributed by atoms with Gasteiger partial charge in [0.05, 0.1) is 4.88 Å². The third-order valence-electron chi connectivity index (χ3n) is 1.72. The lowest BCUT2D eigenvalue weighted by atomic mass is 10.2. The maximum absolute atomic E-state index is 11.8. The van der Waals surface area contributed by atoms with Crippen LogP contribution in [0.3, 0.4) is 0 Å². The van der Waals surface area contributed by atoms with E-state index in [0.29, 0.717) is 10.6 Å². The summed E-state index contributed by atoms with van der Waals surface area (Å²) in [7, 11) is 0. The molecule has 0 aliphatic heterocycles. The Balaban J connectivity index is 2.42. The summed E-state index contributed by atoms with van der Waals surface area (Å²) in [6, 6.07) is 7.26. The van der Waals surface area contributed by atoms with Gasteiger partial charge in [-0.2, -0.15) is 0 Å². The molecule has 0 fully saturated rings. The summed E-state index contributed by atoms with van der Waals surface area (Å²) in [4.78, 5) is 16.6.